The summed E-state index contributed by atoms with van der Waals surface area (Å²) in [4.78, 5) is 2.46. The second kappa shape index (κ2) is 7.55. The Kier molecular flexibility index (Phi) is 5.73. The molecule has 0 saturated carbocycles. The molecule has 1 aliphatic rings. The minimum atomic E-state index is -0.907. The van der Waals surface area contributed by atoms with Crippen molar-refractivity contribution in [3.8, 4) is 5.75 Å². The van der Waals surface area contributed by atoms with E-state index in [-0.39, 0.29) is 0 Å². The quantitative estimate of drug-likeness (QED) is 0.788. The molecule has 0 amide bonds. The van der Waals surface area contributed by atoms with Gasteiger partial charge in [0.2, 0.25) is 0 Å². The van der Waals surface area contributed by atoms with E-state index >= 15 is 0 Å². The van der Waals surface area contributed by atoms with E-state index in [1.54, 1.807) is 0 Å². The smallest absolute Gasteiger partial charge is 0.187 e. The molecular formula is C15H22F2N2O. The molecule has 1 aromatic rings. The highest BCUT2D eigenvalue weighted by Crippen LogP contribution is 2.21. The normalized spacial score (nSPS) is 16.5. The van der Waals surface area contributed by atoms with Gasteiger partial charge < -0.3 is 15.3 Å². The third-order valence-corrected chi connectivity index (χ3v) is 3.68. The Labute approximate surface area is 118 Å². The average molecular weight is 284 g/mol. The van der Waals surface area contributed by atoms with Crippen molar-refractivity contribution in [3.63, 3.8) is 0 Å². The van der Waals surface area contributed by atoms with Crippen molar-refractivity contribution in [2.45, 2.75) is 32.2 Å². The van der Waals surface area contributed by atoms with Gasteiger partial charge in [0, 0.05) is 6.54 Å². The van der Waals surface area contributed by atoms with Crippen LogP contribution in [0, 0.1) is 11.6 Å². The first kappa shape index (κ1) is 15.2. The van der Waals surface area contributed by atoms with Gasteiger partial charge >= 0.3 is 0 Å². The highest BCUT2D eigenvalue weighted by molar-refractivity contribution is 5.29. The summed E-state index contributed by atoms with van der Waals surface area (Å²) in [5, 5.41) is 12.2. The molecular weight excluding hydrogens is 262 g/mol. The number of nitrogens with one attached hydrogen (secondary N) is 1. The lowest BCUT2D eigenvalue weighted by molar-refractivity contribution is 0.225. The van der Waals surface area contributed by atoms with Crippen LogP contribution in [0.1, 0.15) is 31.2 Å². The molecule has 20 heavy (non-hydrogen) atoms. The fourth-order valence-corrected chi connectivity index (χ4v) is 2.56. The number of likely N-dealkylation sites (tertiary alicyclic amines) is 1. The van der Waals surface area contributed by atoms with Crippen LogP contribution in [0.25, 0.3) is 0 Å². The molecule has 0 radical (unpaired) electrons. The van der Waals surface area contributed by atoms with Gasteiger partial charge in [-0.15, -0.1) is 0 Å². The predicted octanol–water partition coefficient (Wildman–Crippen LogP) is 2.64. The summed E-state index contributed by atoms with van der Waals surface area (Å²) in [6, 6.07) is 2.33. The van der Waals surface area contributed by atoms with Crippen LogP contribution >= 0.6 is 0 Å². The summed E-state index contributed by atoms with van der Waals surface area (Å²) in [7, 11) is 0. The Bertz CT molecular complexity index is 411. The van der Waals surface area contributed by atoms with E-state index in [4.69, 9.17) is 5.11 Å². The lowest BCUT2D eigenvalue weighted by Gasteiger charge is -2.26. The number of phenols is 1. The highest BCUT2D eigenvalue weighted by Gasteiger charge is 2.10. The lowest BCUT2D eigenvalue weighted by Crippen LogP contribution is -2.32. The monoisotopic (exact) mass is 284 g/mol. The summed E-state index contributed by atoms with van der Waals surface area (Å²) in [6.45, 7) is 4.68. The van der Waals surface area contributed by atoms with Gasteiger partial charge in [-0.2, -0.15) is 0 Å². The van der Waals surface area contributed by atoms with Crippen LogP contribution in [-0.4, -0.2) is 36.2 Å². The zero-order valence-electron chi connectivity index (χ0n) is 11.7. The number of hydrogen-bond donors (Lipinski definition) is 2. The van der Waals surface area contributed by atoms with E-state index in [9.17, 15) is 8.78 Å². The van der Waals surface area contributed by atoms with E-state index in [1.165, 1.54) is 32.4 Å². The van der Waals surface area contributed by atoms with Gasteiger partial charge in [0.05, 0.1) is 0 Å². The Hall–Kier alpha value is -1.20. The fraction of sp³-hybridized carbons (Fsp3) is 0.600. The zero-order chi connectivity index (χ0) is 14.4. The molecule has 1 fully saturated rings. The second-order valence-electron chi connectivity index (χ2n) is 5.34. The molecule has 0 atom stereocenters. The first-order valence-electron chi connectivity index (χ1n) is 7.27. The third-order valence-electron chi connectivity index (χ3n) is 3.68. The zero-order valence-corrected chi connectivity index (χ0v) is 11.7. The maximum absolute atomic E-state index is 13.1. The van der Waals surface area contributed by atoms with Crippen molar-refractivity contribution in [2.75, 3.05) is 26.2 Å². The molecule has 0 aliphatic carbocycles. The first-order valence-corrected chi connectivity index (χ1v) is 7.27. The minimum Gasteiger partial charge on any atom is -0.503 e. The van der Waals surface area contributed by atoms with Gasteiger partial charge in [-0.1, -0.05) is 6.42 Å². The van der Waals surface area contributed by atoms with Crippen LogP contribution in [0.15, 0.2) is 12.1 Å². The molecule has 1 aromatic carbocycles. The SMILES string of the molecule is Oc1c(F)cc(CNCCCN2CCCCC2)cc1F. The Morgan fingerprint density at radius 1 is 1.10 bits per heavy atom. The highest BCUT2D eigenvalue weighted by atomic mass is 19.1. The van der Waals surface area contributed by atoms with Gasteiger partial charge in [-0.25, -0.2) is 8.78 Å². The van der Waals surface area contributed by atoms with Gasteiger partial charge in [0.1, 0.15) is 0 Å². The van der Waals surface area contributed by atoms with Gasteiger partial charge in [-0.05, 0) is 63.1 Å². The van der Waals surface area contributed by atoms with Crippen LogP contribution < -0.4 is 5.32 Å². The fourth-order valence-electron chi connectivity index (χ4n) is 2.56. The number of rotatable bonds is 6. The Morgan fingerprint density at radius 3 is 2.40 bits per heavy atom. The summed E-state index contributed by atoms with van der Waals surface area (Å²) >= 11 is 0. The molecule has 1 aliphatic heterocycles. The van der Waals surface area contributed by atoms with E-state index < -0.39 is 17.4 Å². The molecule has 0 spiro atoms. The predicted molar refractivity (Wildman–Crippen MR) is 74.6 cm³/mol. The number of nitrogens with zero attached hydrogens (tertiary/aromatic N) is 1. The summed E-state index contributed by atoms with van der Waals surface area (Å²) in [6.07, 6.45) is 4.95. The summed E-state index contributed by atoms with van der Waals surface area (Å²) in [5.41, 5.74) is 0.510. The van der Waals surface area contributed by atoms with Crippen LogP contribution in [0.5, 0.6) is 5.75 Å². The van der Waals surface area contributed by atoms with Crippen molar-refractivity contribution in [2.24, 2.45) is 0 Å². The average Bonchev–Trinajstić information content (AvgIpc) is 2.45. The molecule has 1 saturated heterocycles. The molecule has 0 aromatic heterocycles. The van der Waals surface area contributed by atoms with Gasteiger partial charge in [0.25, 0.3) is 0 Å². The second-order valence-corrected chi connectivity index (χ2v) is 5.34. The summed E-state index contributed by atoms with van der Waals surface area (Å²) in [5.74, 6) is -2.72. The number of benzene rings is 1. The van der Waals surface area contributed by atoms with Crippen molar-refractivity contribution in [1.29, 1.82) is 0 Å². The first-order chi connectivity index (χ1) is 9.66. The minimum absolute atomic E-state index is 0.411. The number of halogens is 2. The number of piperidine rings is 1. The Morgan fingerprint density at radius 2 is 1.75 bits per heavy atom. The van der Waals surface area contributed by atoms with E-state index in [0.717, 1.165) is 31.6 Å². The number of hydrogen-bond acceptors (Lipinski definition) is 3. The number of aromatic hydroxyl groups is 1. The molecule has 2 N–H and O–H groups in total. The van der Waals surface area contributed by atoms with E-state index in [0.29, 0.717) is 12.1 Å². The number of phenolic OH excluding ortho intramolecular Hbond substituents is 1. The van der Waals surface area contributed by atoms with Crippen molar-refractivity contribution >= 4 is 0 Å². The van der Waals surface area contributed by atoms with Crippen LogP contribution in [0.4, 0.5) is 8.78 Å². The Balaban J connectivity index is 1.65. The van der Waals surface area contributed by atoms with E-state index in [1.807, 2.05) is 0 Å². The maximum Gasteiger partial charge on any atom is 0.187 e. The largest absolute Gasteiger partial charge is 0.503 e. The van der Waals surface area contributed by atoms with Crippen molar-refractivity contribution in [1.82, 2.24) is 10.2 Å². The van der Waals surface area contributed by atoms with Crippen LogP contribution in [-0.2, 0) is 6.54 Å². The molecule has 0 bridgehead atoms. The topological polar surface area (TPSA) is 35.5 Å². The van der Waals surface area contributed by atoms with E-state index in [2.05, 4.69) is 10.2 Å². The molecule has 5 heteroatoms. The lowest BCUT2D eigenvalue weighted by atomic mass is 10.1. The third kappa shape index (κ3) is 4.42. The molecule has 1 heterocycles. The molecule has 0 unspecified atom stereocenters. The van der Waals surface area contributed by atoms with Gasteiger partial charge in [0.15, 0.2) is 17.4 Å². The standard InChI is InChI=1S/C15H22F2N2O/c16-13-9-12(10-14(17)15(13)20)11-18-5-4-8-19-6-2-1-3-7-19/h9-10,18,20H,1-8,11H2. The molecule has 3 nitrogen and oxygen atoms in total. The molecule has 2 rings (SSSR count). The van der Waals surface area contributed by atoms with Crippen LogP contribution in [0.3, 0.4) is 0 Å². The van der Waals surface area contributed by atoms with Crippen LogP contribution in [0.2, 0.25) is 0 Å². The van der Waals surface area contributed by atoms with Crippen molar-refractivity contribution < 1.29 is 13.9 Å². The van der Waals surface area contributed by atoms with Crippen molar-refractivity contribution in [3.05, 3.63) is 29.3 Å². The summed E-state index contributed by atoms with van der Waals surface area (Å²) < 4.78 is 26.3. The molecule has 112 valence electrons. The maximum atomic E-state index is 13.1. The van der Waals surface area contributed by atoms with Gasteiger partial charge in [-0.3, -0.25) is 0 Å².